The third kappa shape index (κ3) is 4.94. The van der Waals surface area contributed by atoms with Crippen molar-refractivity contribution in [2.75, 3.05) is 32.5 Å². The van der Waals surface area contributed by atoms with Crippen molar-refractivity contribution in [2.45, 2.75) is 39.7 Å². The molecule has 1 aliphatic heterocycles. The molecule has 0 bridgehead atoms. The number of piperidine rings is 1. The molecule has 7 heteroatoms. The van der Waals surface area contributed by atoms with Crippen LogP contribution >= 0.6 is 0 Å². The number of likely N-dealkylation sites (tertiary alicyclic amines) is 1. The topological polar surface area (TPSA) is 97.9 Å². The van der Waals surface area contributed by atoms with Crippen molar-refractivity contribution in [1.29, 1.82) is 0 Å². The van der Waals surface area contributed by atoms with Crippen LogP contribution in [-0.4, -0.2) is 47.8 Å². The molecule has 1 fully saturated rings. The summed E-state index contributed by atoms with van der Waals surface area (Å²) in [6.07, 6.45) is 2.87. The molecular weight excluding hydrogens is 430 g/mol. The number of hydrogen-bond acceptors (Lipinski definition) is 6. The van der Waals surface area contributed by atoms with Crippen LogP contribution in [0, 0.1) is 12.8 Å². The smallest absolute Gasteiger partial charge is 0.339 e. The van der Waals surface area contributed by atoms with Crippen LogP contribution in [0.25, 0.3) is 10.9 Å². The number of aromatic nitrogens is 1. The molecule has 2 aromatic carbocycles. The Morgan fingerprint density at radius 1 is 1.18 bits per heavy atom. The lowest BCUT2D eigenvalue weighted by atomic mass is 9.97. The fourth-order valence-corrected chi connectivity index (χ4v) is 4.74. The maximum atomic E-state index is 11.8. The van der Waals surface area contributed by atoms with Gasteiger partial charge in [-0.05, 0) is 74.5 Å². The van der Waals surface area contributed by atoms with Crippen molar-refractivity contribution in [3.63, 3.8) is 0 Å². The van der Waals surface area contributed by atoms with Gasteiger partial charge in [0.05, 0.1) is 36.0 Å². The van der Waals surface area contributed by atoms with E-state index in [1.807, 2.05) is 24.3 Å². The van der Waals surface area contributed by atoms with E-state index in [-0.39, 0.29) is 11.3 Å². The van der Waals surface area contributed by atoms with Gasteiger partial charge in [-0.1, -0.05) is 25.1 Å². The van der Waals surface area contributed by atoms with Crippen molar-refractivity contribution in [3.05, 3.63) is 58.8 Å². The number of methoxy groups -OCH3 is 1. The Balaban J connectivity index is 1.45. The number of pyridine rings is 1. The van der Waals surface area contributed by atoms with Crippen molar-refractivity contribution in [1.82, 2.24) is 9.88 Å². The molecule has 1 saturated heterocycles. The van der Waals surface area contributed by atoms with Gasteiger partial charge in [-0.3, -0.25) is 9.88 Å². The summed E-state index contributed by atoms with van der Waals surface area (Å²) in [5.74, 6) is 0.918. The number of ether oxygens (including phenoxy) is 2. The van der Waals surface area contributed by atoms with E-state index in [4.69, 9.17) is 15.2 Å². The number of benzene rings is 2. The van der Waals surface area contributed by atoms with Gasteiger partial charge < -0.3 is 20.3 Å². The molecule has 0 atom stereocenters. The summed E-state index contributed by atoms with van der Waals surface area (Å²) in [5, 5.41) is 10.3. The number of aromatic carboxylic acids is 1. The highest BCUT2D eigenvalue weighted by Crippen LogP contribution is 2.37. The van der Waals surface area contributed by atoms with Gasteiger partial charge in [0, 0.05) is 6.54 Å². The standard InChI is InChI=1S/C27H33N3O4/c1-4-20-7-10-22-24(25(28)23(27(31)32)17(2)29-22)26(20)34-16-19-11-13-30(14-12-19)15-18-5-8-21(33-3)9-6-18/h5-10,19H,4,11-16H2,1-3H3,(H2,28,29)(H,31,32). The normalized spacial score (nSPS) is 14.9. The molecule has 3 N–H and O–H groups in total. The number of nitrogens with zero attached hydrogens (tertiary/aromatic N) is 2. The molecule has 7 nitrogen and oxygen atoms in total. The third-order valence-corrected chi connectivity index (χ3v) is 6.74. The van der Waals surface area contributed by atoms with E-state index in [1.54, 1.807) is 14.0 Å². The molecule has 0 radical (unpaired) electrons. The van der Waals surface area contributed by atoms with Gasteiger partial charge in [0.15, 0.2) is 0 Å². The van der Waals surface area contributed by atoms with E-state index in [2.05, 4.69) is 28.9 Å². The van der Waals surface area contributed by atoms with Crippen LogP contribution in [-0.2, 0) is 13.0 Å². The molecule has 0 saturated carbocycles. The van der Waals surface area contributed by atoms with Crippen molar-refractivity contribution in [2.24, 2.45) is 5.92 Å². The van der Waals surface area contributed by atoms with Crippen molar-refractivity contribution in [3.8, 4) is 11.5 Å². The van der Waals surface area contributed by atoms with Gasteiger partial charge in [0.1, 0.15) is 17.1 Å². The van der Waals surface area contributed by atoms with E-state index < -0.39 is 5.97 Å². The Bertz CT molecular complexity index is 1170. The van der Waals surface area contributed by atoms with Crippen LogP contribution in [0.3, 0.4) is 0 Å². The number of anilines is 1. The second kappa shape index (κ2) is 10.3. The number of fused-ring (bicyclic) bond motifs is 1. The minimum Gasteiger partial charge on any atom is -0.497 e. The van der Waals surface area contributed by atoms with Gasteiger partial charge in [-0.2, -0.15) is 0 Å². The molecule has 0 unspecified atom stereocenters. The summed E-state index contributed by atoms with van der Waals surface area (Å²) in [6, 6.07) is 12.1. The molecule has 1 aliphatic rings. The average Bonchev–Trinajstić information content (AvgIpc) is 2.83. The average molecular weight is 464 g/mol. The Hall–Kier alpha value is -3.32. The molecule has 0 amide bonds. The maximum absolute atomic E-state index is 11.8. The zero-order valence-electron chi connectivity index (χ0n) is 20.1. The fourth-order valence-electron chi connectivity index (χ4n) is 4.74. The Morgan fingerprint density at radius 3 is 2.50 bits per heavy atom. The minimum atomic E-state index is -1.07. The summed E-state index contributed by atoms with van der Waals surface area (Å²) in [7, 11) is 1.68. The summed E-state index contributed by atoms with van der Waals surface area (Å²) >= 11 is 0. The van der Waals surface area contributed by atoms with E-state index in [9.17, 15) is 9.90 Å². The van der Waals surface area contributed by atoms with E-state index in [1.165, 1.54) is 5.56 Å². The predicted octanol–water partition coefficient (Wildman–Crippen LogP) is 4.69. The summed E-state index contributed by atoms with van der Waals surface area (Å²) in [4.78, 5) is 18.7. The predicted molar refractivity (Wildman–Crippen MR) is 134 cm³/mol. The number of rotatable bonds is 8. The zero-order chi connectivity index (χ0) is 24.2. The van der Waals surface area contributed by atoms with Crippen molar-refractivity contribution < 1.29 is 19.4 Å². The van der Waals surface area contributed by atoms with Crippen LogP contribution in [0.5, 0.6) is 11.5 Å². The summed E-state index contributed by atoms with van der Waals surface area (Å²) < 4.78 is 11.6. The Labute approximate surface area is 200 Å². The Morgan fingerprint density at radius 2 is 1.88 bits per heavy atom. The molecule has 0 spiro atoms. The van der Waals surface area contributed by atoms with E-state index in [0.717, 1.165) is 50.2 Å². The molecule has 0 aliphatic carbocycles. The highest BCUT2D eigenvalue weighted by atomic mass is 16.5. The lowest BCUT2D eigenvalue weighted by molar-refractivity contribution is 0.0697. The lowest BCUT2D eigenvalue weighted by Gasteiger charge is -2.32. The van der Waals surface area contributed by atoms with Crippen LogP contribution in [0.1, 0.15) is 46.9 Å². The van der Waals surface area contributed by atoms with E-state index >= 15 is 0 Å². The van der Waals surface area contributed by atoms with Crippen LogP contribution < -0.4 is 15.2 Å². The number of carboxylic acid groups (broad SMARTS) is 1. The minimum absolute atomic E-state index is 0.0532. The van der Waals surface area contributed by atoms with Gasteiger partial charge >= 0.3 is 5.97 Å². The second-order valence-corrected chi connectivity index (χ2v) is 8.97. The fraction of sp³-hybridized carbons (Fsp3) is 0.407. The van der Waals surface area contributed by atoms with Gasteiger partial charge in [0.2, 0.25) is 0 Å². The molecule has 34 heavy (non-hydrogen) atoms. The number of nitrogen functional groups attached to an aromatic ring is 1. The van der Waals surface area contributed by atoms with Gasteiger partial charge in [-0.25, -0.2) is 4.79 Å². The largest absolute Gasteiger partial charge is 0.497 e. The van der Waals surface area contributed by atoms with Crippen LogP contribution in [0.4, 0.5) is 5.69 Å². The number of carbonyl (C=O) groups is 1. The SMILES string of the molecule is CCc1ccc2nc(C)c(C(=O)O)c(N)c2c1OCC1CCN(Cc2ccc(OC)cc2)CC1. The number of aryl methyl sites for hydroxylation is 2. The Kier molecular flexibility index (Phi) is 7.22. The van der Waals surface area contributed by atoms with Crippen LogP contribution in [0.15, 0.2) is 36.4 Å². The highest BCUT2D eigenvalue weighted by molar-refractivity contribution is 6.07. The molecule has 180 valence electrons. The molecule has 1 aromatic heterocycles. The monoisotopic (exact) mass is 463 g/mol. The first kappa shape index (κ1) is 23.8. The van der Waals surface area contributed by atoms with Crippen molar-refractivity contribution >= 4 is 22.6 Å². The molecule has 2 heterocycles. The summed E-state index contributed by atoms with van der Waals surface area (Å²) in [6.45, 7) is 7.28. The zero-order valence-corrected chi connectivity index (χ0v) is 20.1. The number of hydrogen-bond donors (Lipinski definition) is 2. The highest BCUT2D eigenvalue weighted by Gasteiger charge is 2.23. The first-order valence-corrected chi connectivity index (χ1v) is 11.8. The molecule has 4 rings (SSSR count). The third-order valence-electron chi connectivity index (χ3n) is 6.74. The summed E-state index contributed by atoms with van der Waals surface area (Å²) in [5.41, 5.74) is 10.0. The number of carboxylic acids is 1. The lowest BCUT2D eigenvalue weighted by Crippen LogP contribution is -2.35. The molecular formula is C27H33N3O4. The van der Waals surface area contributed by atoms with Crippen LogP contribution in [0.2, 0.25) is 0 Å². The first-order chi connectivity index (χ1) is 16.4. The first-order valence-electron chi connectivity index (χ1n) is 11.8. The van der Waals surface area contributed by atoms with E-state index in [0.29, 0.717) is 34.9 Å². The quantitative estimate of drug-likeness (QED) is 0.500. The molecule has 3 aromatic rings. The maximum Gasteiger partial charge on any atom is 0.339 e. The number of nitrogens with two attached hydrogens (primary N) is 1. The second-order valence-electron chi connectivity index (χ2n) is 8.97. The van der Waals surface area contributed by atoms with Gasteiger partial charge in [-0.15, -0.1) is 0 Å². The van der Waals surface area contributed by atoms with Gasteiger partial charge in [0.25, 0.3) is 0 Å².